The van der Waals surface area contributed by atoms with E-state index in [4.69, 9.17) is 16.3 Å². The third kappa shape index (κ3) is 3.84. The Morgan fingerprint density at radius 1 is 1.19 bits per heavy atom. The number of ether oxygens (including phenoxy) is 1. The lowest BCUT2D eigenvalue weighted by atomic mass is 10.2. The Hall–Kier alpha value is -3.68. The van der Waals surface area contributed by atoms with E-state index in [1.165, 1.54) is 14.0 Å². The first-order valence-corrected chi connectivity index (χ1v) is 8.87. The van der Waals surface area contributed by atoms with Crippen LogP contribution < -0.4 is 16.0 Å². The van der Waals surface area contributed by atoms with Crippen LogP contribution in [0.1, 0.15) is 11.4 Å². The van der Waals surface area contributed by atoms with Gasteiger partial charge in [0.05, 0.1) is 15.6 Å². The van der Waals surface area contributed by atoms with Gasteiger partial charge in [-0.1, -0.05) is 11.6 Å². The van der Waals surface area contributed by atoms with Gasteiger partial charge in [-0.05, 0) is 13.0 Å². The summed E-state index contributed by atoms with van der Waals surface area (Å²) in [4.78, 5) is 35.3. The van der Waals surface area contributed by atoms with Crippen molar-refractivity contribution in [2.45, 2.75) is 13.1 Å². The maximum atomic E-state index is 14.6. The second-order valence-corrected chi connectivity index (χ2v) is 6.91. The van der Waals surface area contributed by atoms with Crippen LogP contribution in [0.15, 0.2) is 27.8 Å². The van der Waals surface area contributed by atoms with Crippen molar-refractivity contribution >= 4 is 17.3 Å². The molecule has 0 bridgehead atoms. The number of rotatable bonds is 4. The highest BCUT2D eigenvalue weighted by Crippen LogP contribution is 2.38. The van der Waals surface area contributed by atoms with Gasteiger partial charge in [0.2, 0.25) is 0 Å². The van der Waals surface area contributed by atoms with Gasteiger partial charge >= 0.3 is 17.6 Å². The van der Waals surface area contributed by atoms with Crippen LogP contribution >= 0.6 is 11.6 Å². The molecule has 0 spiro atoms. The van der Waals surface area contributed by atoms with Crippen LogP contribution in [0, 0.1) is 22.9 Å². The molecule has 0 radical (unpaired) electrons. The van der Waals surface area contributed by atoms with Crippen LogP contribution in [-0.2, 0) is 20.3 Å². The van der Waals surface area contributed by atoms with Crippen LogP contribution in [0.3, 0.4) is 0 Å². The molecule has 32 heavy (non-hydrogen) atoms. The van der Waals surface area contributed by atoms with Crippen molar-refractivity contribution in [3.8, 4) is 17.3 Å². The predicted molar refractivity (Wildman–Crippen MR) is 102 cm³/mol. The maximum Gasteiger partial charge on any atom is 0.431 e. The largest absolute Gasteiger partial charge is 0.432 e. The number of aromatic nitrogens is 4. The zero-order valence-electron chi connectivity index (χ0n) is 16.4. The molecule has 1 aromatic carbocycles. The average Bonchev–Trinajstić information content (AvgIpc) is 2.94. The molecule has 0 aliphatic heterocycles. The third-order valence-corrected chi connectivity index (χ3v) is 4.68. The summed E-state index contributed by atoms with van der Waals surface area (Å²) in [5.41, 5.74) is -5.77. The van der Waals surface area contributed by atoms with Gasteiger partial charge in [-0.15, -0.1) is 0 Å². The Kier molecular flexibility index (Phi) is 5.59. The smallest absolute Gasteiger partial charge is 0.431 e. The Balaban J connectivity index is 2.23. The number of benzene rings is 1. The van der Waals surface area contributed by atoms with E-state index in [1.807, 2.05) is 0 Å². The van der Waals surface area contributed by atoms with Gasteiger partial charge in [0.1, 0.15) is 17.2 Å². The second kappa shape index (κ2) is 7.78. The SMILES string of the molecule is Cc1nn(C)c(Oc2cc(-n3c(=O)cc(C(F)(F)F)n(C)c3=O)c(F)cc2Cl)c1[N+](=O)[O-]. The van der Waals surface area contributed by atoms with Gasteiger partial charge in [-0.3, -0.25) is 19.5 Å². The average molecular weight is 478 g/mol. The molecule has 0 atom stereocenters. The van der Waals surface area contributed by atoms with Gasteiger partial charge in [-0.2, -0.15) is 18.3 Å². The molecule has 0 N–H and O–H groups in total. The minimum Gasteiger partial charge on any atom is -0.432 e. The summed E-state index contributed by atoms with van der Waals surface area (Å²) in [6.07, 6.45) is -5.00. The molecule has 170 valence electrons. The highest BCUT2D eigenvalue weighted by atomic mass is 35.5. The number of hydrogen-bond donors (Lipinski definition) is 0. The van der Waals surface area contributed by atoms with Crippen LogP contribution in [0.25, 0.3) is 5.69 Å². The van der Waals surface area contributed by atoms with Gasteiger partial charge in [0.15, 0.2) is 5.75 Å². The minimum absolute atomic E-state index is 0.00112. The molecular formula is C17H12ClF4N5O5. The van der Waals surface area contributed by atoms with E-state index >= 15 is 0 Å². The lowest BCUT2D eigenvalue weighted by molar-refractivity contribution is -0.386. The summed E-state index contributed by atoms with van der Waals surface area (Å²) in [6.45, 7) is 1.34. The van der Waals surface area contributed by atoms with Gasteiger partial charge in [0, 0.05) is 26.2 Å². The molecule has 0 fully saturated rings. The minimum atomic E-state index is -5.00. The number of aryl methyl sites for hydroxylation is 2. The molecule has 10 nitrogen and oxygen atoms in total. The van der Waals surface area contributed by atoms with Crippen LogP contribution in [0.2, 0.25) is 5.02 Å². The molecule has 0 saturated heterocycles. The van der Waals surface area contributed by atoms with Gasteiger partial charge in [0.25, 0.3) is 11.4 Å². The zero-order chi connectivity index (χ0) is 24.1. The Labute approximate surface area is 180 Å². The highest BCUT2D eigenvalue weighted by Gasteiger charge is 2.35. The summed E-state index contributed by atoms with van der Waals surface area (Å²) >= 11 is 5.94. The fourth-order valence-corrected chi connectivity index (χ4v) is 3.13. The van der Waals surface area contributed by atoms with Gasteiger partial charge in [-0.25, -0.2) is 18.4 Å². The summed E-state index contributed by atoms with van der Waals surface area (Å²) in [6, 6.07) is 1.54. The normalized spacial score (nSPS) is 11.6. The molecule has 2 aromatic heterocycles. The Bertz CT molecular complexity index is 1380. The first-order chi connectivity index (χ1) is 14.7. The lowest BCUT2D eigenvalue weighted by Gasteiger charge is -2.15. The van der Waals surface area contributed by atoms with Crippen LogP contribution in [0.5, 0.6) is 11.6 Å². The second-order valence-electron chi connectivity index (χ2n) is 6.50. The molecule has 3 aromatic rings. The van der Waals surface area contributed by atoms with Crippen molar-refractivity contribution in [2.75, 3.05) is 0 Å². The molecule has 0 unspecified atom stereocenters. The fourth-order valence-electron chi connectivity index (χ4n) is 2.94. The quantitative estimate of drug-likeness (QED) is 0.324. The summed E-state index contributed by atoms with van der Waals surface area (Å²) in [5, 5.41) is 14.8. The van der Waals surface area contributed by atoms with Crippen molar-refractivity contribution in [1.29, 1.82) is 0 Å². The van der Waals surface area contributed by atoms with Crippen LogP contribution in [-0.4, -0.2) is 23.8 Å². The first kappa shape index (κ1) is 23.0. The lowest BCUT2D eigenvalue weighted by Crippen LogP contribution is -2.41. The summed E-state index contributed by atoms with van der Waals surface area (Å²) < 4.78 is 60.4. The standard InChI is InChI=1S/C17H12ClF4N5O5/c1-7-14(27(30)31)15(25(3)23-7)32-11-5-10(9(19)4-8(11)18)26-13(28)6-12(17(20,21)22)24(2)16(26)29/h4-6H,1-3H3. The maximum absolute atomic E-state index is 14.6. The van der Waals surface area contributed by atoms with E-state index < -0.39 is 56.0 Å². The Morgan fingerprint density at radius 2 is 1.81 bits per heavy atom. The number of halogens is 5. The number of nitro groups is 1. The van der Waals surface area contributed by atoms with E-state index in [2.05, 4.69) is 5.10 Å². The first-order valence-electron chi connectivity index (χ1n) is 8.49. The predicted octanol–water partition coefficient (Wildman–Crippen LogP) is 3.09. The monoisotopic (exact) mass is 477 g/mol. The molecule has 0 amide bonds. The molecule has 0 aliphatic carbocycles. The summed E-state index contributed by atoms with van der Waals surface area (Å²) in [5.74, 6) is -2.03. The van der Waals surface area contributed by atoms with Crippen molar-refractivity contribution in [2.24, 2.45) is 14.1 Å². The molecule has 0 saturated carbocycles. The highest BCUT2D eigenvalue weighted by molar-refractivity contribution is 6.32. The molecular weight excluding hydrogens is 466 g/mol. The fraction of sp³-hybridized carbons (Fsp3) is 0.235. The number of nitrogens with zero attached hydrogens (tertiary/aromatic N) is 5. The van der Waals surface area contributed by atoms with E-state index in [1.54, 1.807) is 0 Å². The van der Waals surface area contributed by atoms with E-state index in [-0.39, 0.29) is 26.8 Å². The van der Waals surface area contributed by atoms with E-state index in [0.717, 1.165) is 17.8 Å². The molecule has 3 rings (SSSR count). The van der Waals surface area contributed by atoms with Crippen LogP contribution in [0.4, 0.5) is 23.2 Å². The molecule has 2 heterocycles. The van der Waals surface area contributed by atoms with Crippen molar-refractivity contribution in [3.63, 3.8) is 0 Å². The van der Waals surface area contributed by atoms with Crippen molar-refractivity contribution in [1.82, 2.24) is 18.9 Å². The zero-order valence-corrected chi connectivity index (χ0v) is 17.2. The topological polar surface area (TPSA) is 114 Å². The van der Waals surface area contributed by atoms with Crippen molar-refractivity contribution in [3.05, 3.63) is 71.4 Å². The van der Waals surface area contributed by atoms with Crippen molar-refractivity contribution < 1.29 is 27.2 Å². The summed E-state index contributed by atoms with van der Waals surface area (Å²) in [7, 11) is 2.08. The van der Waals surface area contributed by atoms with Gasteiger partial charge < -0.3 is 4.74 Å². The number of alkyl halides is 3. The third-order valence-electron chi connectivity index (χ3n) is 4.38. The molecule has 15 heteroatoms. The van der Waals surface area contributed by atoms with E-state index in [0.29, 0.717) is 6.07 Å². The number of hydrogen-bond acceptors (Lipinski definition) is 6. The Morgan fingerprint density at radius 3 is 2.38 bits per heavy atom. The molecule has 0 aliphatic rings. The van der Waals surface area contributed by atoms with E-state index in [9.17, 15) is 37.3 Å².